The van der Waals surface area contributed by atoms with Crippen molar-refractivity contribution in [1.82, 2.24) is 9.47 Å². The summed E-state index contributed by atoms with van der Waals surface area (Å²) in [7, 11) is 0. The van der Waals surface area contributed by atoms with Crippen LogP contribution < -0.4 is 0 Å². The van der Waals surface area contributed by atoms with Gasteiger partial charge in [0.1, 0.15) is 5.82 Å². The minimum Gasteiger partial charge on any atom is -0.343 e. The van der Waals surface area contributed by atoms with E-state index in [9.17, 15) is 4.39 Å². The summed E-state index contributed by atoms with van der Waals surface area (Å²) in [4.78, 5) is 2.56. The Hall–Kier alpha value is -1.35. The number of halogens is 1. The molecule has 0 atom stereocenters. The Morgan fingerprint density at radius 2 is 1.76 bits per heavy atom. The fourth-order valence-corrected chi connectivity index (χ4v) is 4.11. The van der Waals surface area contributed by atoms with E-state index in [4.69, 9.17) is 0 Å². The number of aromatic nitrogens is 1. The number of fused-ring (bicyclic) bond motifs is 3. The predicted octanol–water partition coefficient (Wildman–Crippen LogP) is 3.76. The predicted molar refractivity (Wildman–Crippen MR) is 84.2 cm³/mol. The molecule has 1 aliphatic carbocycles. The maximum Gasteiger partial charge on any atom is 0.123 e. The zero-order valence-corrected chi connectivity index (χ0v) is 12.6. The molecule has 0 unspecified atom stereocenters. The monoisotopic (exact) mass is 286 g/mol. The van der Waals surface area contributed by atoms with Crippen LogP contribution in [0.15, 0.2) is 18.2 Å². The van der Waals surface area contributed by atoms with E-state index >= 15 is 0 Å². The average Bonchev–Trinajstić information content (AvgIpc) is 3.11. The fourth-order valence-electron chi connectivity index (χ4n) is 4.11. The highest BCUT2D eigenvalue weighted by Gasteiger charge is 2.21. The lowest BCUT2D eigenvalue weighted by molar-refractivity contribution is 0.322. The van der Waals surface area contributed by atoms with E-state index < -0.39 is 0 Å². The molecule has 1 saturated heterocycles. The Morgan fingerprint density at radius 3 is 2.62 bits per heavy atom. The van der Waals surface area contributed by atoms with Gasteiger partial charge in [0.05, 0.1) is 0 Å². The van der Waals surface area contributed by atoms with Gasteiger partial charge in [0.2, 0.25) is 0 Å². The lowest BCUT2D eigenvalue weighted by Crippen LogP contribution is -2.25. The second kappa shape index (κ2) is 5.45. The maximum atomic E-state index is 13.6. The highest BCUT2D eigenvalue weighted by molar-refractivity contribution is 5.86. The van der Waals surface area contributed by atoms with Crippen molar-refractivity contribution in [2.24, 2.45) is 0 Å². The van der Waals surface area contributed by atoms with Crippen LogP contribution in [0.25, 0.3) is 10.9 Å². The van der Waals surface area contributed by atoms with Crippen molar-refractivity contribution in [3.8, 4) is 0 Å². The van der Waals surface area contributed by atoms with Crippen molar-refractivity contribution in [2.75, 3.05) is 19.6 Å². The molecule has 112 valence electrons. The van der Waals surface area contributed by atoms with Crippen LogP contribution in [-0.4, -0.2) is 29.1 Å². The van der Waals surface area contributed by atoms with Gasteiger partial charge in [0.15, 0.2) is 0 Å². The van der Waals surface area contributed by atoms with Crippen molar-refractivity contribution >= 4 is 10.9 Å². The van der Waals surface area contributed by atoms with Crippen molar-refractivity contribution in [3.05, 3.63) is 35.3 Å². The molecule has 0 radical (unpaired) electrons. The summed E-state index contributed by atoms with van der Waals surface area (Å²) in [5.74, 6) is -0.104. The molecule has 1 aliphatic heterocycles. The molecule has 4 rings (SSSR count). The number of aryl methyl sites for hydroxylation is 1. The third-order valence-electron chi connectivity index (χ3n) is 5.18. The molecule has 21 heavy (non-hydrogen) atoms. The highest BCUT2D eigenvalue weighted by Crippen LogP contribution is 2.32. The lowest BCUT2D eigenvalue weighted by atomic mass is 9.95. The van der Waals surface area contributed by atoms with E-state index in [0.29, 0.717) is 0 Å². The zero-order valence-electron chi connectivity index (χ0n) is 12.6. The van der Waals surface area contributed by atoms with E-state index in [1.807, 2.05) is 6.07 Å². The molecule has 0 saturated carbocycles. The zero-order chi connectivity index (χ0) is 14.2. The molecular weight excluding hydrogens is 263 g/mol. The van der Waals surface area contributed by atoms with Gasteiger partial charge in [-0.2, -0.15) is 0 Å². The van der Waals surface area contributed by atoms with E-state index in [1.54, 1.807) is 12.1 Å². The molecule has 2 nitrogen and oxygen atoms in total. The van der Waals surface area contributed by atoms with E-state index in [2.05, 4.69) is 9.47 Å². The Morgan fingerprint density at radius 1 is 0.952 bits per heavy atom. The minimum atomic E-state index is -0.104. The van der Waals surface area contributed by atoms with Crippen LogP contribution in [0, 0.1) is 5.82 Å². The summed E-state index contributed by atoms with van der Waals surface area (Å²) in [5.41, 5.74) is 4.13. The first-order valence-corrected chi connectivity index (χ1v) is 8.35. The Balaban J connectivity index is 1.72. The third kappa shape index (κ3) is 2.38. The molecular formula is C18H23FN2. The molecule has 2 heterocycles. The van der Waals surface area contributed by atoms with Gasteiger partial charge in [-0.3, -0.25) is 0 Å². The Labute approximate surface area is 125 Å². The Bertz CT molecular complexity index is 653. The summed E-state index contributed by atoms with van der Waals surface area (Å²) in [6, 6.07) is 5.33. The summed E-state index contributed by atoms with van der Waals surface area (Å²) in [6.07, 6.45) is 7.48. The fraction of sp³-hybridized carbons (Fsp3) is 0.556. The summed E-state index contributed by atoms with van der Waals surface area (Å²) in [5, 5.41) is 1.16. The van der Waals surface area contributed by atoms with Crippen LogP contribution in [-0.2, 0) is 19.4 Å². The Kier molecular flexibility index (Phi) is 3.46. The van der Waals surface area contributed by atoms with E-state index in [0.717, 1.165) is 31.3 Å². The minimum absolute atomic E-state index is 0.104. The first-order valence-electron chi connectivity index (χ1n) is 8.35. The van der Waals surface area contributed by atoms with Gasteiger partial charge in [0.25, 0.3) is 0 Å². The second-order valence-corrected chi connectivity index (χ2v) is 6.49. The van der Waals surface area contributed by atoms with Crippen molar-refractivity contribution in [2.45, 2.75) is 45.1 Å². The van der Waals surface area contributed by atoms with Gasteiger partial charge >= 0.3 is 0 Å². The lowest BCUT2D eigenvalue weighted by Gasteiger charge is -2.19. The van der Waals surface area contributed by atoms with E-state index in [1.165, 1.54) is 55.5 Å². The molecule has 0 amide bonds. The first kappa shape index (κ1) is 13.3. The average molecular weight is 286 g/mol. The topological polar surface area (TPSA) is 8.17 Å². The molecule has 0 bridgehead atoms. The van der Waals surface area contributed by atoms with Gasteiger partial charge in [0, 0.05) is 29.7 Å². The molecule has 1 aromatic heterocycles. The van der Waals surface area contributed by atoms with Gasteiger partial charge in [-0.05, 0) is 75.4 Å². The van der Waals surface area contributed by atoms with Gasteiger partial charge in [-0.15, -0.1) is 0 Å². The number of likely N-dealkylation sites (tertiary alicyclic amines) is 1. The van der Waals surface area contributed by atoms with E-state index in [-0.39, 0.29) is 5.82 Å². The van der Waals surface area contributed by atoms with Crippen LogP contribution in [0.5, 0.6) is 0 Å². The number of nitrogens with zero attached hydrogens (tertiary/aromatic N) is 2. The number of hydrogen-bond acceptors (Lipinski definition) is 1. The van der Waals surface area contributed by atoms with Gasteiger partial charge in [-0.25, -0.2) is 4.39 Å². The van der Waals surface area contributed by atoms with Crippen molar-refractivity contribution in [3.63, 3.8) is 0 Å². The van der Waals surface area contributed by atoms with Crippen LogP contribution in [0.3, 0.4) is 0 Å². The van der Waals surface area contributed by atoms with Crippen LogP contribution in [0.1, 0.15) is 36.9 Å². The second-order valence-electron chi connectivity index (χ2n) is 6.49. The molecule has 0 spiro atoms. The van der Waals surface area contributed by atoms with Crippen molar-refractivity contribution in [1.29, 1.82) is 0 Å². The number of hydrogen-bond donors (Lipinski definition) is 0. The normalized spacial score (nSPS) is 19.3. The summed E-state index contributed by atoms with van der Waals surface area (Å²) < 4.78 is 16.1. The highest BCUT2D eigenvalue weighted by atomic mass is 19.1. The quantitative estimate of drug-likeness (QED) is 0.834. The molecule has 3 heteroatoms. The third-order valence-corrected chi connectivity index (χ3v) is 5.18. The smallest absolute Gasteiger partial charge is 0.123 e. The maximum absolute atomic E-state index is 13.6. The summed E-state index contributed by atoms with van der Waals surface area (Å²) in [6.45, 7) is 4.68. The van der Waals surface area contributed by atoms with Crippen LogP contribution in [0.4, 0.5) is 4.39 Å². The molecule has 0 N–H and O–H groups in total. The largest absolute Gasteiger partial charge is 0.343 e. The van der Waals surface area contributed by atoms with Gasteiger partial charge in [-0.1, -0.05) is 0 Å². The number of rotatable bonds is 3. The SMILES string of the molecule is Fc1ccc2c(c1)c1c(n2CCN2CCCC2)CCCC1. The molecule has 2 aliphatic rings. The van der Waals surface area contributed by atoms with Crippen LogP contribution in [0.2, 0.25) is 0 Å². The van der Waals surface area contributed by atoms with Crippen molar-refractivity contribution < 1.29 is 4.39 Å². The number of benzene rings is 1. The standard InChI is InChI=1S/C18H23FN2/c19-14-7-8-18-16(13-14)15-5-1-2-6-17(15)21(18)12-11-20-9-3-4-10-20/h7-8,13H,1-6,9-12H2. The molecule has 2 aromatic rings. The molecule has 1 fully saturated rings. The van der Waals surface area contributed by atoms with Gasteiger partial charge < -0.3 is 9.47 Å². The molecule has 1 aromatic carbocycles. The van der Waals surface area contributed by atoms with Crippen LogP contribution >= 0.6 is 0 Å². The first-order chi connectivity index (χ1) is 10.3. The summed E-state index contributed by atoms with van der Waals surface area (Å²) >= 11 is 0.